The highest BCUT2D eigenvalue weighted by Gasteiger charge is 2.12. The van der Waals surface area contributed by atoms with Gasteiger partial charge in [-0.25, -0.2) is 9.97 Å². The van der Waals surface area contributed by atoms with Crippen LogP contribution >= 0.6 is 22.9 Å². The number of rotatable bonds is 7. The first-order chi connectivity index (χ1) is 12.0. The molecule has 0 radical (unpaired) electrons. The smallest absolute Gasteiger partial charge is 0.193 e. The van der Waals surface area contributed by atoms with Gasteiger partial charge in [-0.2, -0.15) is 0 Å². The highest BCUT2D eigenvalue weighted by atomic mass is 35.5. The van der Waals surface area contributed by atoms with Gasteiger partial charge in [-0.15, -0.1) is 11.3 Å². The second-order valence-corrected chi connectivity index (χ2v) is 6.90. The van der Waals surface area contributed by atoms with Gasteiger partial charge in [0.15, 0.2) is 5.96 Å². The molecule has 0 aromatic carbocycles. The average molecular weight is 382 g/mol. The molecule has 0 spiro atoms. The number of thiazole rings is 1. The van der Waals surface area contributed by atoms with Crippen LogP contribution in [-0.2, 0) is 17.7 Å². The monoisotopic (exact) mass is 381 g/mol. The number of methoxy groups -OCH3 is 1. The Morgan fingerprint density at radius 3 is 2.92 bits per heavy atom. The fourth-order valence-corrected chi connectivity index (χ4v) is 3.21. The van der Waals surface area contributed by atoms with E-state index in [1.54, 1.807) is 37.8 Å². The molecule has 2 rings (SSSR count). The number of aliphatic imine (C=N–C) groups is 1. The van der Waals surface area contributed by atoms with Crippen molar-refractivity contribution in [3.63, 3.8) is 0 Å². The Morgan fingerprint density at radius 2 is 2.28 bits per heavy atom. The first kappa shape index (κ1) is 19.6. The SMILES string of the molecule is CN=C(NCCc1ccc(Cl)nc1)N(C)Cc1csc(C(C)OC)n1. The second-order valence-electron chi connectivity index (χ2n) is 5.62. The van der Waals surface area contributed by atoms with Crippen LogP contribution in [0.1, 0.15) is 29.3 Å². The lowest BCUT2D eigenvalue weighted by molar-refractivity contribution is 0.119. The Hall–Kier alpha value is -1.70. The third-order valence-electron chi connectivity index (χ3n) is 3.73. The standard InChI is InChI=1S/C17H24ClN5OS/c1-12(24-4)16-22-14(11-25-16)10-23(3)17(19-2)20-8-7-13-5-6-15(18)21-9-13/h5-6,9,11-12H,7-8,10H2,1-4H3,(H,19,20). The largest absolute Gasteiger partial charge is 0.375 e. The van der Waals surface area contributed by atoms with E-state index in [0.717, 1.165) is 35.2 Å². The summed E-state index contributed by atoms with van der Waals surface area (Å²) >= 11 is 7.42. The zero-order valence-electron chi connectivity index (χ0n) is 15.0. The van der Waals surface area contributed by atoms with Gasteiger partial charge in [-0.05, 0) is 25.0 Å². The fourth-order valence-electron chi connectivity index (χ4n) is 2.26. The van der Waals surface area contributed by atoms with Gasteiger partial charge in [0.05, 0.1) is 12.2 Å². The van der Waals surface area contributed by atoms with E-state index in [1.165, 1.54) is 0 Å². The normalized spacial score (nSPS) is 12.9. The highest BCUT2D eigenvalue weighted by molar-refractivity contribution is 7.09. The summed E-state index contributed by atoms with van der Waals surface area (Å²) in [5.41, 5.74) is 2.14. The zero-order valence-corrected chi connectivity index (χ0v) is 16.6. The van der Waals surface area contributed by atoms with Gasteiger partial charge >= 0.3 is 0 Å². The topological polar surface area (TPSA) is 62.6 Å². The van der Waals surface area contributed by atoms with Crippen molar-refractivity contribution in [2.45, 2.75) is 26.0 Å². The van der Waals surface area contributed by atoms with Crippen molar-refractivity contribution in [3.05, 3.63) is 45.1 Å². The Morgan fingerprint density at radius 1 is 1.48 bits per heavy atom. The maximum absolute atomic E-state index is 5.80. The van der Waals surface area contributed by atoms with Crippen molar-refractivity contribution in [1.82, 2.24) is 20.2 Å². The van der Waals surface area contributed by atoms with E-state index in [-0.39, 0.29) is 6.10 Å². The van der Waals surface area contributed by atoms with E-state index in [9.17, 15) is 0 Å². The number of guanidine groups is 1. The van der Waals surface area contributed by atoms with Crippen molar-refractivity contribution >= 4 is 28.9 Å². The second kappa shape index (κ2) is 9.70. The van der Waals surface area contributed by atoms with Crippen molar-refractivity contribution < 1.29 is 4.74 Å². The third kappa shape index (κ3) is 5.95. The van der Waals surface area contributed by atoms with Gasteiger partial charge < -0.3 is 15.0 Å². The van der Waals surface area contributed by atoms with Crippen LogP contribution in [-0.4, -0.2) is 48.6 Å². The van der Waals surface area contributed by atoms with E-state index >= 15 is 0 Å². The number of hydrogen-bond donors (Lipinski definition) is 1. The summed E-state index contributed by atoms with van der Waals surface area (Å²) in [4.78, 5) is 15.1. The summed E-state index contributed by atoms with van der Waals surface area (Å²) in [6.45, 7) is 3.46. The molecule has 8 heteroatoms. The number of nitrogens with zero attached hydrogens (tertiary/aromatic N) is 4. The first-order valence-corrected chi connectivity index (χ1v) is 9.28. The van der Waals surface area contributed by atoms with Gasteiger partial charge in [0.25, 0.3) is 0 Å². The molecule has 2 heterocycles. The van der Waals surface area contributed by atoms with Crippen LogP contribution in [0, 0.1) is 0 Å². The first-order valence-electron chi connectivity index (χ1n) is 8.02. The van der Waals surface area contributed by atoms with Crippen LogP contribution in [0.4, 0.5) is 0 Å². The van der Waals surface area contributed by atoms with Crippen LogP contribution in [0.3, 0.4) is 0 Å². The molecule has 2 aromatic heterocycles. The minimum absolute atomic E-state index is 0.0227. The van der Waals surface area contributed by atoms with E-state index in [0.29, 0.717) is 11.7 Å². The number of halogens is 1. The molecule has 0 aliphatic heterocycles. The van der Waals surface area contributed by atoms with Crippen LogP contribution in [0.5, 0.6) is 0 Å². The van der Waals surface area contributed by atoms with E-state index in [2.05, 4.69) is 30.6 Å². The molecule has 2 aromatic rings. The minimum Gasteiger partial charge on any atom is -0.375 e. The van der Waals surface area contributed by atoms with Gasteiger partial charge in [-0.3, -0.25) is 4.99 Å². The van der Waals surface area contributed by atoms with E-state index in [4.69, 9.17) is 16.3 Å². The number of nitrogens with one attached hydrogen (secondary N) is 1. The van der Waals surface area contributed by atoms with Crippen LogP contribution in [0.2, 0.25) is 5.15 Å². The molecule has 0 aliphatic rings. The number of pyridine rings is 1. The summed E-state index contributed by atoms with van der Waals surface area (Å²) in [7, 11) is 5.47. The molecule has 1 unspecified atom stereocenters. The summed E-state index contributed by atoms with van der Waals surface area (Å²) in [5, 5.41) is 6.92. The molecular weight excluding hydrogens is 358 g/mol. The maximum atomic E-state index is 5.80. The highest BCUT2D eigenvalue weighted by Crippen LogP contribution is 2.20. The predicted molar refractivity (Wildman–Crippen MR) is 103 cm³/mol. The summed E-state index contributed by atoms with van der Waals surface area (Å²) in [5.74, 6) is 0.830. The molecule has 25 heavy (non-hydrogen) atoms. The van der Waals surface area contributed by atoms with Crippen molar-refractivity contribution in [2.24, 2.45) is 4.99 Å². The molecule has 0 aliphatic carbocycles. The van der Waals surface area contributed by atoms with Crippen molar-refractivity contribution in [2.75, 3.05) is 27.7 Å². The molecule has 0 fully saturated rings. The van der Waals surface area contributed by atoms with Gasteiger partial charge in [0, 0.05) is 39.3 Å². The minimum atomic E-state index is 0.0227. The lowest BCUT2D eigenvalue weighted by Gasteiger charge is -2.21. The molecule has 136 valence electrons. The summed E-state index contributed by atoms with van der Waals surface area (Å²) in [6.07, 6.45) is 2.67. The Labute approximate surface area is 157 Å². The van der Waals surface area contributed by atoms with Gasteiger partial charge in [-0.1, -0.05) is 17.7 Å². The van der Waals surface area contributed by atoms with E-state index in [1.807, 2.05) is 20.0 Å². The molecule has 0 bridgehead atoms. The third-order valence-corrected chi connectivity index (χ3v) is 5.01. The van der Waals surface area contributed by atoms with Crippen LogP contribution in [0.25, 0.3) is 0 Å². The number of ether oxygens (including phenoxy) is 1. The van der Waals surface area contributed by atoms with Crippen LogP contribution in [0.15, 0.2) is 28.7 Å². The molecule has 6 nitrogen and oxygen atoms in total. The summed E-state index contributed by atoms with van der Waals surface area (Å²) in [6, 6.07) is 3.79. The maximum Gasteiger partial charge on any atom is 0.193 e. The number of hydrogen-bond acceptors (Lipinski definition) is 5. The Kier molecular flexibility index (Phi) is 7.61. The number of aromatic nitrogens is 2. The Balaban J connectivity index is 1.85. The zero-order chi connectivity index (χ0) is 18.2. The molecule has 0 amide bonds. The van der Waals surface area contributed by atoms with Crippen molar-refractivity contribution in [3.8, 4) is 0 Å². The molecule has 0 saturated carbocycles. The Bertz CT molecular complexity index is 689. The molecule has 1 atom stereocenters. The van der Waals surface area contributed by atoms with Crippen molar-refractivity contribution in [1.29, 1.82) is 0 Å². The fraction of sp³-hybridized carbons (Fsp3) is 0.471. The quantitative estimate of drug-likeness (QED) is 0.453. The molecule has 1 N–H and O–H groups in total. The molecular formula is C17H24ClN5OS. The van der Waals surface area contributed by atoms with Crippen LogP contribution < -0.4 is 5.32 Å². The molecule has 0 saturated heterocycles. The van der Waals surface area contributed by atoms with E-state index < -0.39 is 0 Å². The van der Waals surface area contributed by atoms with Gasteiger partial charge in [0.2, 0.25) is 0 Å². The average Bonchev–Trinajstić information content (AvgIpc) is 3.08. The summed E-state index contributed by atoms with van der Waals surface area (Å²) < 4.78 is 5.31. The lowest BCUT2D eigenvalue weighted by atomic mass is 10.2. The lowest BCUT2D eigenvalue weighted by Crippen LogP contribution is -2.39. The van der Waals surface area contributed by atoms with Gasteiger partial charge in [0.1, 0.15) is 16.3 Å². The predicted octanol–water partition coefficient (Wildman–Crippen LogP) is 3.15.